The summed E-state index contributed by atoms with van der Waals surface area (Å²) < 4.78 is 1.82. The zero-order valence-corrected chi connectivity index (χ0v) is 16.5. The van der Waals surface area contributed by atoms with Crippen molar-refractivity contribution in [3.05, 3.63) is 71.4 Å². The first-order chi connectivity index (χ1) is 14.2. The summed E-state index contributed by atoms with van der Waals surface area (Å²) in [5.74, 6) is -1.30. The van der Waals surface area contributed by atoms with Gasteiger partial charge in [0.25, 0.3) is 0 Å². The van der Waals surface area contributed by atoms with Gasteiger partial charge < -0.3 is 14.6 Å². The average Bonchev–Trinajstić information content (AvgIpc) is 3.37. The molecule has 1 N–H and O–H groups in total. The molecule has 1 aliphatic rings. The molecule has 0 spiro atoms. The third-order valence-electron chi connectivity index (χ3n) is 5.74. The molecule has 5 nitrogen and oxygen atoms in total. The molecule has 4 rings (SSSR count). The number of unbranched alkanes of at least 4 members (excludes halogenated alkanes) is 1. The van der Waals surface area contributed by atoms with Crippen molar-refractivity contribution < 1.29 is 14.7 Å². The van der Waals surface area contributed by atoms with E-state index >= 15 is 0 Å². The largest absolute Gasteiger partial charge is 0.477 e. The quantitative estimate of drug-likeness (QED) is 0.456. The zero-order chi connectivity index (χ0) is 20.2. The van der Waals surface area contributed by atoms with Crippen LogP contribution in [0.25, 0.3) is 10.9 Å². The number of hydrogen-bond acceptors (Lipinski definition) is 3. The van der Waals surface area contributed by atoms with E-state index in [1.165, 1.54) is 25.9 Å². The van der Waals surface area contributed by atoms with Crippen molar-refractivity contribution in [1.82, 2.24) is 9.47 Å². The van der Waals surface area contributed by atoms with Gasteiger partial charge in [0.15, 0.2) is 5.78 Å². The highest BCUT2D eigenvalue weighted by molar-refractivity contribution is 6.21. The van der Waals surface area contributed by atoms with Crippen molar-refractivity contribution in [2.24, 2.45) is 0 Å². The third kappa shape index (κ3) is 3.96. The normalized spacial score (nSPS) is 14.5. The van der Waals surface area contributed by atoms with Crippen molar-refractivity contribution in [2.45, 2.75) is 32.2 Å². The number of carboxylic acids is 1. The van der Waals surface area contributed by atoms with Gasteiger partial charge >= 0.3 is 5.97 Å². The van der Waals surface area contributed by atoms with Gasteiger partial charge in [0.1, 0.15) is 5.69 Å². The van der Waals surface area contributed by atoms with Crippen molar-refractivity contribution in [1.29, 1.82) is 0 Å². The van der Waals surface area contributed by atoms with Crippen LogP contribution in [-0.4, -0.2) is 46.0 Å². The predicted molar refractivity (Wildman–Crippen MR) is 114 cm³/mol. The number of carboxylic acid groups (broad SMARTS) is 1. The second kappa shape index (κ2) is 8.62. The molecule has 0 unspecified atom stereocenters. The number of carbonyl (C=O) groups excluding carboxylic acids is 1. The Morgan fingerprint density at radius 3 is 2.24 bits per heavy atom. The molecule has 2 heterocycles. The van der Waals surface area contributed by atoms with E-state index in [0.29, 0.717) is 23.1 Å². The molecule has 29 heavy (non-hydrogen) atoms. The van der Waals surface area contributed by atoms with Gasteiger partial charge in [-0.25, -0.2) is 4.79 Å². The fraction of sp³-hybridized carbons (Fsp3) is 0.333. The Kier molecular flexibility index (Phi) is 5.76. The molecular formula is C24H26N2O3. The lowest BCUT2D eigenvalue weighted by Gasteiger charge is -2.15. The Bertz CT molecular complexity index is 1020. The molecule has 0 amide bonds. The minimum absolute atomic E-state index is 0.0984. The second-order valence-corrected chi connectivity index (χ2v) is 7.65. The highest BCUT2D eigenvalue weighted by Crippen LogP contribution is 2.29. The standard InChI is InChI=1S/C24H26N2O3/c27-23(18-10-2-1-3-11-18)21-19-12-4-5-13-20(19)26(22(21)24(28)29)17-9-8-16-25-14-6-7-15-25/h1-5,10-13H,6-9,14-17H2,(H,28,29). The molecule has 5 heteroatoms. The maximum absolute atomic E-state index is 13.2. The first-order valence-corrected chi connectivity index (χ1v) is 10.3. The molecule has 0 aliphatic carbocycles. The lowest BCUT2D eigenvalue weighted by molar-refractivity contribution is 0.0681. The van der Waals surface area contributed by atoms with Gasteiger partial charge in [-0.15, -0.1) is 0 Å². The summed E-state index contributed by atoms with van der Waals surface area (Å²) in [6, 6.07) is 16.4. The third-order valence-corrected chi connectivity index (χ3v) is 5.74. The van der Waals surface area contributed by atoms with Crippen molar-refractivity contribution in [3.63, 3.8) is 0 Å². The molecule has 1 aromatic heterocycles. The smallest absolute Gasteiger partial charge is 0.353 e. The Balaban J connectivity index is 1.67. The van der Waals surface area contributed by atoms with E-state index in [1.54, 1.807) is 24.3 Å². The number of hydrogen-bond donors (Lipinski definition) is 1. The molecule has 0 radical (unpaired) electrons. The lowest BCUT2D eigenvalue weighted by atomic mass is 10.00. The summed E-state index contributed by atoms with van der Waals surface area (Å²) >= 11 is 0. The maximum atomic E-state index is 13.2. The second-order valence-electron chi connectivity index (χ2n) is 7.65. The van der Waals surface area contributed by atoms with E-state index in [-0.39, 0.29) is 11.5 Å². The number of aromatic nitrogens is 1. The lowest BCUT2D eigenvalue weighted by Crippen LogP contribution is -2.21. The Morgan fingerprint density at radius 2 is 1.52 bits per heavy atom. The molecule has 0 bridgehead atoms. The number of rotatable bonds is 8. The average molecular weight is 390 g/mol. The van der Waals surface area contributed by atoms with Gasteiger partial charge in [0, 0.05) is 23.0 Å². The van der Waals surface area contributed by atoms with Crippen LogP contribution in [0.5, 0.6) is 0 Å². The van der Waals surface area contributed by atoms with Gasteiger partial charge in [-0.1, -0.05) is 48.5 Å². The van der Waals surface area contributed by atoms with Crippen molar-refractivity contribution >= 4 is 22.7 Å². The Hall–Kier alpha value is -2.92. The number of aromatic carboxylic acids is 1. The van der Waals surface area contributed by atoms with Crippen LogP contribution in [0.3, 0.4) is 0 Å². The molecule has 3 aromatic rings. The Labute approximate surface area is 170 Å². The first-order valence-electron chi connectivity index (χ1n) is 10.3. The highest BCUT2D eigenvalue weighted by atomic mass is 16.4. The number of nitrogens with zero attached hydrogens (tertiary/aromatic N) is 2. The minimum atomic E-state index is -1.06. The number of fused-ring (bicyclic) bond motifs is 1. The summed E-state index contributed by atoms with van der Waals surface area (Å²) in [7, 11) is 0. The topological polar surface area (TPSA) is 62.5 Å². The number of aryl methyl sites for hydroxylation is 1. The Morgan fingerprint density at radius 1 is 0.862 bits per heavy atom. The van der Waals surface area contributed by atoms with E-state index in [0.717, 1.165) is 24.9 Å². The van der Waals surface area contributed by atoms with Crippen LogP contribution in [0, 0.1) is 0 Å². The zero-order valence-electron chi connectivity index (χ0n) is 16.5. The van der Waals surface area contributed by atoms with Crippen molar-refractivity contribution in [2.75, 3.05) is 19.6 Å². The van der Waals surface area contributed by atoms with Gasteiger partial charge in [0.2, 0.25) is 0 Å². The number of likely N-dealkylation sites (tertiary alicyclic amines) is 1. The molecule has 1 aliphatic heterocycles. The van der Waals surface area contributed by atoms with Gasteiger partial charge in [-0.3, -0.25) is 4.79 Å². The monoisotopic (exact) mass is 390 g/mol. The summed E-state index contributed by atoms with van der Waals surface area (Å²) in [4.78, 5) is 27.9. The molecule has 2 aromatic carbocycles. The summed E-state index contributed by atoms with van der Waals surface area (Å²) in [6.07, 6.45) is 4.45. The summed E-state index contributed by atoms with van der Waals surface area (Å²) in [5, 5.41) is 10.7. The van der Waals surface area contributed by atoms with E-state index in [1.807, 2.05) is 34.9 Å². The molecule has 150 valence electrons. The van der Waals surface area contributed by atoms with Crippen LogP contribution in [0.2, 0.25) is 0 Å². The molecular weight excluding hydrogens is 364 g/mol. The van der Waals surface area contributed by atoms with E-state index < -0.39 is 5.97 Å². The number of para-hydroxylation sites is 1. The highest BCUT2D eigenvalue weighted by Gasteiger charge is 2.27. The number of ketones is 1. The fourth-order valence-corrected chi connectivity index (χ4v) is 4.33. The van der Waals surface area contributed by atoms with Crippen LogP contribution in [0.15, 0.2) is 54.6 Å². The fourth-order valence-electron chi connectivity index (χ4n) is 4.33. The summed E-state index contributed by atoms with van der Waals surface area (Å²) in [5.41, 5.74) is 1.71. The SMILES string of the molecule is O=C(c1ccccc1)c1c(C(=O)O)n(CCCCN2CCCC2)c2ccccc12. The van der Waals surface area contributed by atoms with E-state index in [4.69, 9.17) is 0 Å². The predicted octanol–water partition coefficient (Wildman–Crippen LogP) is 4.45. The number of benzene rings is 2. The van der Waals surface area contributed by atoms with Crippen LogP contribution in [-0.2, 0) is 6.54 Å². The van der Waals surface area contributed by atoms with Crippen LogP contribution < -0.4 is 0 Å². The van der Waals surface area contributed by atoms with Crippen LogP contribution in [0.4, 0.5) is 0 Å². The van der Waals surface area contributed by atoms with Crippen molar-refractivity contribution in [3.8, 4) is 0 Å². The van der Waals surface area contributed by atoms with Crippen LogP contribution >= 0.6 is 0 Å². The molecule has 0 atom stereocenters. The number of carbonyl (C=O) groups is 2. The molecule has 0 saturated carbocycles. The van der Waals surface area contributed by atoms with Crippen LogP contribution in [0.1, 0.15) is 52.1 Å². The molecule has 1 fully saturated rings. The molecule has 1 saturated heterocycles. The minimum Gasteiger partial charge on any atom is -0.477 e. The van der Waals surface area contributed by atoms with Gasteiger partial charge in [-0.2, -0.15) is 0 Å². The van der Waals surface area contributed by atoms with E-state index in [9.17, 15) is 14.7 Å². The first kappa shape index (κ1) is 19.4. The maximum Gasteiger partial charge on any atom is 0.353 e. The summed E-state index contributed by atoms with van der Waals surface area (Å²) in [6.45, 7) is 3.99. The van der Waals surface area contributed by atoms with Gasteiger partial charge in [0.05, 0.1) is 5.56 Å². The van der Waals surface area contributed by atoms with E-state index in [2.05, 4.69) is 4.90 Å². The van der Waals surface area contributed by atoms with Gasteiger partial charge in [-0.05, 0) is 51.4 Å².